The van der Waals surface area contributed by atoms with Crippen LogP contribution in [0.15, 0.2) is 23.1 Å². The molecule has 0 spiro atoms. The monoisotopic (exact) mass is 303 g/mol. The molecule has 1 aliphatic rings. The third kappa shape index (κ3) is 2.79. The van der Waals surface area contributed by atoms with Gasteiger partial charge in [-0.3, -0.25) is 0 Å². The van der Waals surface area contributed by atoms with Gasteiger partial charge in [-0.15, -0.1) is 0 Å². The first-order valence-electron chi connectivity index (χ1n) is 6.33. The van der Waals surface area contributed by atoms with Gasteiger partial charge in [0.1, 0.15) is 0 Å². The van der Waals surface area contributed by atoms with Gasteiger partial charge in [-0.05, 0) is 32.0 Å². The molecule has 0 aliphatic carbocycles. The fourth-order valence-electron chi connectivity index (χ4n) is 2.15. The molecule has 1 aromatic carbocycles. The lowest BCUT2D eigenvalue weighted by Gasteiger charge is -2.35. The topological polar surface area (TPSA) is 55.8 Å². The molecule has 7 heteroatoms. The molecule has 1 aromatic rings. The number of benzene rings is 1. The first-order chi connectivity index (χ1) is 9.36. The Kier molecular flexibility index (Phi) is 4.31. The van der Waals surface area contributed by atoms with E-state index in [2.05, 4.69) is 0 Å². The molecule has 0 aromatic heterocycles. The van der Waals surface area contributed by atoms with Crippen LogP contribution in [0.3, 0.4) is 0 Å². The van der Waals surface area contributed by atoms with Crippen molar-refractivity contribution in [3.8, 4) is 5.75 Å². The van der Waals surface area contributed by atoms with Crippen LogP contribution >= 0.6 is 0 Å². The summed E-state index contributed by atoms with van der Waals surface area (Å²) in [7, 11) is -2.40. The highest BCUT2D eigenvalue weighted by molar-refractivity contribution is 7.89. The quantitative estimate of drug-likeness (QED) is 0.851. The van der Waals surface area contributed by atoms with Crippen molar-refractivity contribution in [2.75, 3.05) is 20.3 Å². The molecule has 0 amide bonds. The van der Waals surface area contributed by atoms with Crippen LogP contribution in [-0.4, -0.2) is 45.1 Å². The average molecular weight is 303 g/mol. The van der Waals surface area contributed by atoms with Gasteiger partial charge in [0, 0.05) is 12.6 Å². The number of nitrogens with zero attached hydrogens (tertiary/aromatic N) is 1. The fourth-order valence-corrected chi connectivity index (χ4v) is 3.85. The minimum Gasteiger partial charge on any atom is -0.494 e. The van der Waals surface area contributed by atoms with Gasteiger partial charge in [0.2, 0.25) is 10.0 Å². The third-order valence-electron chi connectivity index (χ3n) is 3.28. The predicted molar refractivity (Wildman–Crippen MR) is 71.7 cm³/mol. The van der Waals surface area contributed by atoms with E-state index in [0.29, 0.717) is 6.61 Å². The van der Waals surface area contributed by atoms with Crippen LogP contribution in [0.4, 0.5) is 4.39 Å². The predicted octanol–water partition coefficient (Wildman–Crippen LogP) is 1.63. The molecule has 1 aliphatic heterocycles. The molecule has 5 nitrogen and oxygen atoms in total. The maximum atomic E-state index is 13.7. The molecule has 20 heavy (non-hydrogen) atoms. The summed E-state index contributed by atoms with van der Waals surface area (Å²) in [6.07, 6.45) is -0.177. The van der Waals surface area contributed by atoms with Gasteiger partial charge in [0.15, 0.2) is 11.6 Å². The number of halogens is 1. The highest BCUT2D eigenvalue weighted by Gasteiger charge is 2.34. The van der Waals surface area contributed by atoms with Crippen molar-refractivity contribution in [1.29, 1.82) is 0 Å². The van der Waals surface area contributed by atoms with Crippen molar-refractivity contribution in [2.45, 2.75) is 30.9 Å². The van der Waals surface area contributed by atoms with Gasteiger partial charge in [-0.1, -0.05) is 0 Å². The summed E-state index contributed by atoms with van der Waals surface area (Å²) < 4.78 is 50.4. The molecular weight excluding hydrogens is 285 g/mol. The Labute approximate surface area is 118 Å². The number of rotatable bonds is 3. The number of methoxy groups -OCH3 is 1. The Hall–Kier alpha value is -1.18. The summed E-state index contributed by atoms with van der Waals surface area (Å²) in [5, 5.41) is 0. The van der Waals surface area contributed by atoms with Crippen LogP contribution in [0, 0.1) is 5.82 Å². The first-order valence-corrected chi connectivity index (χ1v) is 7.77. The molecule has 2 atom stereocenters. The zero-order chi connectivity index (χ0) is 14.9. The number of ether oxygens (including phenoxy) is 2. The lowest BCUT2D eigenvalue weighted by Crippen LogP contribution is -2.50. The van der Waals surface area contributed by atoms with E-state index in [1.807, 2.05) is 6.92 Å². The Morgan fingerprint density at radius 3 is 2.70 bits per heavy atom. The maximum Gasteiger partial charge on any atom is 0.243 e. The zero-order valence-electron chi connectivity index (χ0n) is 11.7. The van der Waals surface area contributed by atoms with Crippen molar-refractivity contribution < 1.29 is 22.3 Å². The van der Waals surface area contributed by atoms with Gasteiger partial charge in [-0.25, -0.2) is 12.8 Å². The van der Waals surface area contributed by atoms with Crippen LogP contribution < -0.4 is 4.74 Å². The Morgan fingerprint density at radius 1 is 1.40 bits per heavy atom. The summed E-state index contributed by atoms with van der Waals surface area (Å²) in [6.45, 7) is 4.17. The molecule has 112 valence electrons. The van der Waals surface area contributed by atoms with E-state index < -0.39 is 15.8 Å². The number of hydrogen-bond acceptors (Lipinski definition) is 4. The average Bonchev–Trinajstić information content (AvgIpc) is 2.41. The van der Waals surface area contributed by atoms with Crippen LogP contribution in [0.25, 0.3) is 0 Å². The minimum atomic E-state index is -3.73. The van der Waals surface area contributed by atoms with Crippen LogP contribution in [0.5, 0.6) is 5.75 Å². The van der Waals surface area contributed by atoms with Gasteiger partial charge >= 0.3 is 0 Å². The molecule has 0 saturated carbocycles. The second-order valence-corrected chi connectivity index (χ2v) is 6.75. The fraction of sp³-hybridized carbons (Fsp3) is 0.538. The highest BCUT2D eigenvalue weighted by atomic mass is 32.2. The standard InChI is InChI=1S/C13H18FNO4S/c1-9-8-19-10(2)7-15(9)20(16,17)11-4-5-13(18-3)12(14)6-11/h4-6,9-10H,7-8H2,1-3H3/t9-,10-/m1/s1. The van der Waals surface area contributed by atoms with Crippen LogP contribution in [-0.2, 0) is 14.8 Å². The molecule has 1 saturated heterocycles. The Bertz CT molecular complexity index is 590. The molecule has 1 heterocycles. The smallest absolute Gasteiger partial charge is 0.243 e. The third-order valence-corrected chi connectivity index (χ3v) is 5.26. The SMILES string of the molecule is COc1ccc(S(=O)(=O)N2C[C@@H](C)OC[C@H]2C)cc1F. The molecule has 0 radical (unpaired) electrons. The molecular formula is C13H18FNO4S. The summed E-state index contributed by atoms with van der Waals surface area (Å²) in [5.74, 6) is -0.671. The number of sulfonamides is 1. The van der Waals surface area contributed by atoms with E-state index >= 15 is 0 Å². The lowest BCUT2D eigenvalue weighted by atomic mass is 10.2. The van der Waals surface area contributed by atoms with Crippen LogP contribution in [0.1, 0.15) is 13.8 Å². The summed E-state index contributed by atoms with van der Waals surface area (Å²) in [5.41, 5.74) is 0. The number of morpholine rings is 1. The van der Waals surface area contributed by atoms with E-state index in [9.17, 15) is 12.8 Å². The van der Waals surface area contributed by atoms with E-state index in [0.717, 1.165) is 6.07 Å². The molecule has 1 fully saturated rings. The first kappa shape index (κ1) is 15.2. The van der Waals surface area contributed by atoms with Crippen molar-refractivity contribution in [3.05, 3.63) is 24.0 Å². The van der Waals surface area contributed by atoms with Crippen molar-refractivity contribution in [3.63, 3.8) is 0 Å². The van der Waals surface area contributed by atoms with Crippen molar-refractivity contribution >= 4 is 10.0 Å². The lowest BCUT2D eigenvalue weighted by molar-refractivity contribution is -0.0170. The molecule has 0 N–H and O–H groups in total. The highest BCUT2D eigenvalue weighted by Crippen LogP contribution is 2.26. The normalized spacial score (nSPS) is 24.6. The molecule has 0 bridgehead atoms. The van der Waals surface area contributed by atoms with Gasteiger partial charge in [-0.2, -0.15) is 4.31 Å². The van der Waals surface area contributed by atoms with E-state index in [4.69, 9.17) is 9.47 Å². The van der Waals surface area contributed by atoms with E-state index in [1.165, 1.54) is 23.5 Å². The van der Waals surface area contributed by atoms with Gasteiger partial charge in [0.05, 0.1) is 24.7 Å². The number of hydrogen-bond donors (Lipinski definition) is 0. The Morgan fingerprint density at radius 2 is 2.10 bits per heavy atom. The second kappa shape index (κ2) is 5.67. The Balaban J connectivity index is 2.36. The van der Waals surface area contributed by atoms with E-state index in [1.54, 1.807) is 6.92 Å². The maximum absolute atomic E-state index is 13.7. The van der Waals surface area contributed by atoms with Gasteiger partial charge < -0.3 is 9.47 Å². The van der Waals surface area contributed by atoms with Crippen LogP contribution in [0.2, 0.25) is 0 Å². The summed E-state index contributed by atoms with van der Waals surface area (Å²) in [4.78, 5) is -0.0725. The van der Waals surface area contributed by atoms with Crippen molar-refractivity contribution in [2.24, 2.45) is 0 Å². The second-order valence-electron chi connectivity index (χ2n) is 4.86. The molecule has 2 rings (SSSR count). The van der Waals surface area contributed by atoms with E-state index in [-0.39, 0.29) is 29.3 Å². The van der Waals surface area contributed by atoms with Crippen molar-refractivity contribution in [1.82, 2.24) is 4.31 Å². The molecule has 0 unspecified atom stereocenters. The summed E-state index contributed by atoms with van der Waals surface area (Å²) in [6, 6.07) is 3.38. The minimum absolute atomic E-state index is 0.0207. The zero-order valence-corrected chi connectivity index (χ0v) is 12.5. The largest absolute Gasteiger partial charge is 0.494 e. The van der Waals surface area contributed by atoms with Gasteiger partial charge in [0.25, 0.3) is 0 Å². The summed E-state index contributed by atoms with van der Waals surface area (Å²) >= 11 is 0.